The van der Waals surface area contributed by atoms with E-state index in [-0.39, 0.29) is 61.7 Å². The van der Waals surface area contributed by atoms with Gasteiger partial charge in [-0.3, -0.25) is 28.9 Å². The second-order valence-electron chi connectivity index (χ2n) is 9.96. The minimum Gasteiger partial charge on any atom is -0.337 e. The summed E-state index contributed by atoms with van der Waals surface area (Å²) in [6, 6.07) is -0.816. The van der Waals surface area contributed by atoms with E-state index < -0.39 is 17.9 Å². The SMILES string of the molecule is CC(C)CC(C(=O)N1CCN(C(=O)C(=O)N2CCCC2)CC1)N1C(=O)C2CC=CCC2C1=O. The zero-order chi connectivity index (χ0) is 23.7. The van der Waals surface area contributed by atoms with Crippen LogP contribution in [0.5, 0.6) is 0 Å². The molecule has 3 aliphatic heterocycles. The van der Waals surface area contributed by atoms with Crippen molar-refractivity contribution in [2.24, 2.45) is 17.8 Å². The van der Waals surface area contributed by atoms with Crippen molar-refractivity contribution in [1.82, 2.24) is 19.6 Å². The Morgan fingerprint density at radius 1 is 0.788 bits per heavy atom. The van der Waals surface area contributed by atoms with Gasteiger partial charge in [0.2, 0.25) is 17.7 Å². The Hall–Kier alpha value is -2.71. The highest BCUT2D eigenvalue weighted by molar-refractivity contribution is 6.35. The van der Waals surface area contributed by atoms with Gasteiger partial charge in [-0.25, -0.2) is 0 Å². The Labute approximate surface area is 194 Å². The molecule has 0 aromatic rings. The van der Waals surface area contributed by atoms with E-state index in [4.69, 9.17) is 0 Å². The van der Waals surface area contributed by atoms with Gasteiger partial charge in [0.1, 0.15) is 6.04 Å². The quantitative estimate of drug-likeness (QED) is 0.350. The third-order valence-electron chi connectivity index (χ3n) is 7.29. The molecular weight excluding hydrogens is 424 g/mol. The van der Waals surface area contributed by atoms with Gasteiger partial charge in [-0.05, 0) is 38.0 Å². The number of amides is 5. The van der Waals surface area contributed by atoms with Crippen molar-refractivity contribution in [3.63, 3.8) is 0 Å². The van der Waals surface area contributed by atoms with Gasteiger partial charge >= 0.3 is 11.8 Å². The molecule has 0 bridgehead atoms. The highest BCUT2D eigenvalue weighted by Crippen LogP contribution is 2.37. The molecule has 5 amide bonds. The average Bonchev–Trinajstić information content (AvgIpc) is 3.44. The predicted octanol–water partition coefficient (Wildman–Crippen LogP) is 0.646. The zero-order valence-electron chi connectivity index (χ0n) is 19.6. The van der Waals surface area contributed by atoms with E-state index in [1.165, 1.54) is 9.80 Å². The molecule has 0 spiro atoms. The number of hydrogen-bond acceptors (Lipinski definition) is 5. The van der Waals surface area contributed by atoms with Crippen LogP contribution in [0.15, 0.2) is 12.2 Å². The predicted molar refractivity (Wildman–Crippen MR) is 119 cm³/mol. The fourth-order valence-electron chi connectivity index (χ4n) is 5.43. The summed E-state index contributed by atoms with van der Waals surface area (Å²) in [5.74, 6) is -2.29. The molecular formula is C24H34N4O5. The van der Waals surface area contributed by atoms with Crippen LogP contribution in [0.1, 0.15) is 46.0 Å². The second-order valence-corrected chi connectivity index (χ2v) is 9.96. The number of likely N-dealkylation sites (tertiary alicyclic amines) is 2. The van der Waals surface area contributed by atoms with E-state index >= 15 is 0 Å². The first-order valence-corrected chi connectivity index (χ1v) is 12.2. The molecule has 0 saturated carbocycles. The van der Waals surface area contributed by atoms with E-state index in [9.17, 15) is 24.0 Å². The smallest absolute Gasteiger partial charge is 0.312 e. The molecule has 1 aliphatic carbocycles. The number of carbonyl (C=O) groups excluding carboxylic acids is 5. The van der Waals surface area contributed by atoms with E-state index in [0.29, 0.717) is 32.4 Å². The van der Waals surface area contributed by atoms with Crippen LogP contribution in [-0.2, 0) is 24.0 Å². The van der Waals surface area contributed by atoms with Crippen molar-refractivity contribution in [2.75, 3.05) is 39.3 Å². The number of nitrogens with zero attached hydrogens (tertiary/aromatic N) is 4. The molecule has 4 aliphatic rings. The van der Waals surface area contributed by atoms with Gasteiger partial charge in [-0.15, -0.1) is 0 Å². The Balaban J connectivity index is 1.42. The maximum Gasteiger partial charge on any atom is 0.312 e. The molecule has 33 heavy (non-hydrogen) atoms. The van der Waals surface area contributed by atoms with Gasteiger partial charge in [0.15, 0.2) is 0 Å². The maximum atomic E-state index is 13.5. The Morgan fingerprint density at radius 3 is 1.73 bits per heavy atom. The first-order chi connectivity index (χ1) is 15.8. The molecule has 3 saturated heterocycles. The highest BCUT2D eigenvalue weighted by atomic mass is 16.2. The van der Waals surface area contributed by atoms with Crippen molar-refractivity contribution in [3.05, 3.63) is 12.2 Å². The number of carbonyl (C=O) groups is 5. The number of hydrogen-bond donors (Lipinski definition) is 0. The van der Waals surface area contributed by atoms with E-state index in [0.717, 1.165) is 12.8 Å². The largest absolute Gasteiger partial charge is 0.337 e. The van der Waals surface area contributed by atoms with Crippen molar-refractivity contribution in [2.45, 2.75) is 52.0 Å². The van der Waals surface area contributed by atoms with E-state index in [2.05, 4.69) is 0 Å². The molecule has 3 heterocycles. The highest BCUT2D eigenvalue weighted by Gasteiger charge is 2.51. The summed E-state index contributed by atoms with van der Waals surface area (Å²) in [4.78, 5) is 70.7. The third-order valence-corrected chi connectivity index (χ3v) is 7.29. The lowest BCUT2D eigenvalue weighted by Crippen LogP contribution is -2.58. The molecule has 0 N–H and O–H groups in total. The molecule has 180 valence electrons. The lowest BCUT2D eigenvalue weighted by atomic mass is 9.85. The van der Waals surface area contributed by atoms with Gasteiger partial charge in [-0.2, -0.15) is 0 Å². The molecule has 3 atom stereocenters. The number of imide groups is 1. The first kappa shape index (κ1) is 23.4. The number of fused-ring (bicyclic) bond motifs is 1. The minimum absolute atomic E-state index is 0.126. The van der Waals surface area contributed by atoms with Crippen molar-refractivity contribution >= 4 is 29.5 Å². The summed E-state index contributed by atoms with van der Waals surface area (Å²) in [5.41, 5.74) is 0. The van der Waals surface area contributed by atoms with Crippen LogP contribution in [-0.4, -0.2) is 94.4 Å². The maximum absolute atomic E-state index is 13.5. The van der Waals surface area contributed by atoms with Crippen LogP contribution in [0.2, 0.25) is 0 Å². The van der Waals surface area contributed by atoms with Gasteiger partial charge in [0.05, 0.1) is 11.8 Å². The topological polar surface area (TPSA) is 98.3 Å². The fraction of sp³-hybridized carbons (Fsp3) is 0.708. The second kappa shape index (κ2) is 9.65. The summed E-state index contributed by atoms with van der Waals surface area (Å²) < 4.78 is 0. The van der Waals surface area contributed by atoms with E-state index in [1.807, 2.05) is 26.0 Å². The monoisotopic (exact) mass is 458 g/mol. The van der Waals surface area contributed by atoms with Crippen LogP contribution < -0.4 is 0 Å². The van der Waals surface area contributed by atoms with Crippen LogP contribution in [0.25, 0.3) is 0 Å². The number of rotatable bonds is 4. The summed E-state index contributed by atoms with van der Waals surface area (Å²) in [7, 11) is 0. The molecule has 4 rings (SSSR count). The van der Waals surface area contributed by atoms with Gasteiger partial charge < -0.3 is 14.7 Å². The fourth-order valence-corrected chi connectivity index (χ4v) is 5.43. The molecule has 0 radical (unpaired) electrons. The van der Waals surface area contributed by atoms with Crippen molar-refractivity contribution in [1.29, 1.82) is 0 Å². The van der Waals surface area contributed by atoms with Gasteiger partial charge in [0.25, 0.3) is 0 Å². The summed E-state index contributed by atoms with van der Waals surface area (Å²) >= 11 is 0. The normalized spacial score (nSPS) is 26.3. The molecule has 0 aromatic carbocycles. The Morgan fingerprint density at radius 2 is 1.24 bits per heavy atom. The lowest BCUT2D eigenvalue weighted by Gasteiger charge is -2.38. The summed E-state index contributed by atoms with van der Waals surface area (Å²) in [5, 5.41) is 0. The minimum atomic E-state index is -0.816. The number of piperazine rings is 1. The summed E-state index contributed by atoms with van der Waals surface area (Å²) in [6.07, 6.45) is 7.22. The van der Waals surface area contributed by atoms with Crippen LogP contribution in [0.3, 0.4) is 0 Å². The standard InChI is InChI=1S/C24H34N4O5/c1-16(2)15-19(28-20(29)17-7-3-4-8-18(17)21(28)30)22(31)26-11-13-27(14-12-26)24(33)23(32)25-9-5-6-10-25/h3-4,16-19H,5-15H2,1-2H3. The van der Waals surface area contributed by atoms with Crippen molar-refractivity contribution < 1.29 is 24.0 Å². The van der Waals surface area contributed by atoms with Crippen LogP contribution in [0.4, 0.5) is 0 Å². The Kier molecular flexibility index (Phi) is 6.86. The first-order valence-electron chi connectivity index (χ1n) is 12.2. The van der Waals surface area contributed by atoms with Crippen molar-refractivity contribution in [3.8, 4) is 0 Å². The lowest BCUT2D eigenvalue weighted by molar-refractivity contribution is -0.156. The van der Waals surface area contributed by atoms with Crippen LogP contribution >= 0.6 is 0 Å². The molecule has 9 nitrogen and oxygen atoms in total. The Bertz CT molecular complexity index is 829. The van der Waals surface area contributed by atoms with E-state index in [1.54, 1.807) is 9.80 Å². The zero-order valence-corrected chi connectivity index (χ0v) is 19.6. The van der Waals surface area contributed by atoms with Gasteiger partial charge in [0, 0.05) is 39.3 Å². The average molecular weight is 459 g/mol. The molecule has 3 fully saturated rings. The molecule has 0 aromatic heterocycles. The number of allylic oxidation sites excluding steroid dienone is 2. The molecule has 9 heteroatoms. The summed E-state index contributed by atoms with van der Waals surface area (Å²) in [6.45, 7) is 6.31. The van der Waals surface area contributed by atoms with Gasteiger partial charge in [-0.1, -0.05) is 26.0 Å². The van der Waals surface area contributed by atoms with Crippen LogP contribution in [0, 0.1) is 17.8 Å². The molecule has 3 unspecified atom stereocenters. The third kappa shape index (κ3) is 4.54.